The van der Waals surface area contributed by atoms with Crippen molar-refractivity contribution in [3.8, 4) is 0 Å². The van der Waals surface area contributed by atoms with E-state index in [1.807, 2.05) is 18.2 Å². The van der Waals surface area contributed by atoms with Crippen molar-refractivity contribution in [2.24, 2.45) is 0 Å². The Bertz CT molecular complexity index is 604. The fraction of sp³-hybridized carbons (Fsp3) is 0.500. The number of nitrogens with zero attached hydrogens (tertiary/aromatic N) is 3. The highest BCUT2D eigenvalue weighted by Crippen LogP contribution is 2.16. The molecule has 2 fully saturated rings. The molecule has 0 amide bonds. The van der Waals surface area contributed by atoms with Crippen LogP contribution < -0.4 is 10.2 Å². The quantitative estimate of drug-likeness (QED) is 0.661. The van der Waals surface area contributed by atoms with Crippen molar-refractivity contribution >= 4 is 5.82 Å². The van der Waals surface area contributed by atoms with Gasteiger partial charge in [0.25, 0.3) is 0 Å². The summed E-state index contributed by atoms with van der Waals surface area (Å²) in [5.74, 6) is 0.594. The molecule has 4 rings (SSSR count). The first-order valence-electron chi connectivity index (χ1n) is 9.44. The van der Waals surface area contributed by atoms with Crippen molar-refractivity contribution in [3.63, 3.8) is 0 Å². The Hall–Kier alpha value is -2.09. The van der Waals surface area contributed by atoms with Crippen LogP contribution in [-0.4, -0.2) is 58.6 Å². The van der Waals surface area contributed by atoms with Crippen LogP contribution in [0.4, 0.5) is 10.2 Å². The number of piperidine rings is 2. The summed E-state index contributed by atoms with van der Waals surface area (Å²) >= 11 is 0. The van der Waals surface area contributed by atoms with E-state index in [0.29, 0.717) is 0 Å². The third-order valence-corrected chi connectivity index (χ3v) is 4.38. The van der Waals surface area contributed by atoms with Crippen LogP contribution in [0.15, 0.2) is 48.8 Å². The van der Waals surface area contributed by atoms with Crippen molar-refractivity contribution in [1.82, 2.24) is 15.3 Å². The van der Waals surface area contributed by atoms with E-state index in [1.165, 1.54) is 12.3 Å². The second-order valence-corrected chi connectivity index (χ2v) is 6.54. The second kappa shape index (κ2) is 12.3. The molecule has 2 saturated heterocycles. The van der Waals surface area contributed by atoms with Crippen molar-refractivity contribution < 1.29 is 14.6 Å². The van der Waals surface area contributed by atoms with E-state index in [4.69, 9.17) is 5.11 Å². The predicted molar refractivity (Wildman–Crippen MR) is 104 cm³/mol. The fourth-order valence-electron chi connectivity index (χ4n) is 2.78. The number of rotatable bonds is 1. The molecule has 0 aromatic carbocycles. The van der Waals surface area contributed by atoms with E-state index < -0.39 is 5.95 Å². The van der Waals surface area contributed by atoms with Crippen molar-refractivity contribution in [1.29, 1.82) is 0 Å². The summed E-state index contributed by atoms with van der Waals surface area (Å²) in [6.07, 6.45) is 6.66. The average Bonchev–Trinajstić information content (AvgIpc) is 2.71. The third-order valence-electron chi connectivity index (χ3n) is 4.38. The Labute approximate surface area is 160 Å². The van der Waals surface area contributed by atoms with Crippen LogP contribution in [0, 0.1) is 5.95 Å². The van der Waals surface area contributed by atoms with Crippen LogP contribution >= 0.6 is 0 Å². The van der Waals surface area contributed by atoms with E-state index in [9.17, 15) is 9.50 Å². The number of hydrogen-bond acceptors (Lipinski definition) is 6. The summed E-state index contributed by atoms with van der Waals surface area (Å²) in [6.45, 7) is 3.80. The summed E-state index contributed by atoms with van der Waals surface area (Å²) in [7, 11) is 0. The van der Waals surface area contributed by atoms with Gasteiger partial charge in [-0.3, -0.25) is 0 Å². The molecular formula is C20H29FN4O2. The summed E-state index contributed by atoms with van der Waals surface area (Å²) in [5, 5.41) is 21.4. The monoisotopic (exact) mass is 376 g/mol. The normalized spacial score (nSPS) is 18.0. The van der Waals surface area contributed by atoms with E-state index in [0.717, 1.165) is 57.7 Å². The smallest absolute Gasteiger partial charge is 0.212 e. The Balaban J connectivity index is 0.000000159. The molecule has 2 aromatic rings. The summed E-state index contributed by atoms with van der Waals surface area (Å²) in [5.41, 5.74) is 0. The molecule has 148 valence electrons. The van der Waals surface area contributed by atoms with Gasteiger partial charge in [-0.05, 0) is 63.0 Å². The number of pyridine rings is 2. The topological polar surface area (TPSA) is 81.5 Å². The van der Waals surface area contributed by atoms with Gasteiger partial charge in [-0.1, -0.05) is 12.1 Å². The largest absolute Gasteiger partial charge is 0.393 e. The number of halogens is 1. The maximum atomic E-state index is 11.8. The van der Waals surface area contributed by atoms with Crippen LogP contribution in [0.3, 0.4) is 0 Å². The first kappa shape index (κ1) is 21.2. The van der Waals surface area contributed by atoms with Gasteiger partial charge in [0.15, 0.2) is 0 Å². The molecule has 0 spiro atoms. The zero-order valence-corrected chi connectivity index (χ0v) is 15.5. The number of hydrogen-bond donors (Lipinski definition) is 3. The molecule has 0 unspecified atom stereocenters. The third kappa shape index (κ3) is 8.90. The zero-order valence-electron chi connectivity index (χ0n) is 15.5. The molecule has 0 radical (unpaired) electrons. The Morgan fingerprint density at radius 3 is 1.85 bits per heavy atom. The van der Waals surface area contributed by atoms with Gasteiger partial charge in [0, 0.05) is 25.5 Å². The lowest BCUT2D eigenvalue weighted by molar-refractivity contribution is 0.137. The van der Waals surface area contributed by atoms with Crippen LogP contribution in [0.2, 0.25) is 0 Å². The first-order chi connectivity index (χ1) is 13.1. The molecule has 0 saturated carbocycles. The summed E-state index contributed by atoms with van der Waals surface area (Å²) in [4.78, 5) is 9.80. The molecule has 0 atom stereocenters. The lowest BCUT2D eigenvalue weighted by atomic mass is 10.1. The Kier molecular flexibility index (Phi) is 9.68. The van der Waals surface area contributed by atoms with Crippen LogP contribution in [0.25, 0.3) is 0 Å². The number of aliphatic hydroxyl groups excluding tert-OH is 2. The highest BCUT2D eigenvalue weighted by molar-refractivity contribution is 5.37. The van der Waals surface area contributed by atoms with E-state index in [2.05, 4.69) is 20.2 Å². The zero-order chi connectivity index (χ0) is 19.3. The number of anilines is 1. The Morgan fingerprint density at radius 2 is 1.44 bits per heavy atom. The number of nitrogens with one attached hydrogen (secondary N) is 1. The van der Waals surface area contributed by atoms with Gasteiger partial charge in [-0.25, -0.2) is 9.97 Å². The minimum absolute atomic E-state index is 0.0266. The predicted octanol–water partition coefficient (Wildman–Crippen LogP) is 1.99. The lowest BCUT2D eigenvalue weighted by Gasteiger charge is -2.30. The van der Waals surface area contributed by atoms with Gasteiger partial charge < -0.3 is 20.4 Å². The molecule has 0 aliphatic carbocycles. The highest BCUT2D eigenvalue weighted by Gasteiger charge is 2.17. The fourth-order valence-corrected chi connectivity index (χ4v) is 2.78. The van der Waals surface area contributed by atoms with Gasteiger partial charge in [0.1, 0.15) is 5.82 Å². The maximum Gasteiger partial charge on any atom is 0.212 e. The van der Waals surface area contributed by atoms with Gasteiger partial charge in [-0.15, -0.1) is 0 Å². The highest BCUT2D eigenvalue weighted by atomic mass is 19.1. The van der Waals surface area contributed by atoms with Gasteiger partial charge >= 0.3 is 0 Å². The molecule has 7 heteroatoms. The van der Waals surface area contributed by atoms with Crippen LogP contribution in [-0.2, 0) is 0 Å². The molecule has 4 heterocycles. The number of aromatic nitrogens is 2. The molecular weight excluding hydrogens is 347 g/mol. The summed E-state index contributed by atoms with van der Waals surface area (Å²) < 4.78 is 11.8. The Morgan fingerprint density at radius 1 is 0.852 bits per heavy atom. The van der Waals surface area contributed by atoms with Gasteiger partial charge in [-0.2, -0.15) is 4.39 Å². The minimum Gasteiger partial charge on any atom is -0.393 e. The summed E-state index contributed by atoms with van der Waals surface area (Å²) in [6, 6.07) is 10.5. The maximum absolute atomic E-state index is 11.8. The van der Waals surface area contributed by atoms with Gasteiger partial charge in [0.05, 0.1) is 12.2 Å². The van der Waals surface area contributed by atoms with Crippen molar-refractivity contribution in [2.45, 2.75) is 37.9 Å². The number of aliphatic hydroxyl groups is 2. The minimum atomic E-state index is -0.428. The molecule has 2 aliphatic heterocycles. The molecule has 0 bridgehead atoms. The van der Waals surface area contributed by atoms with Crippen LogP contribution in [0.1, 0.15) is 25.7 Å². The SMILES string of the molecule is Fc1ccccn1.OC1CCN(c2ccccn2)CC1.OC1CCNCC1. The molecule has 2 aliphatic rings. The van der Waals surface area contributed by atoms with E-state index in [-0.39, 0.29) is 12.2 Å². The van der Waals surface area contributed by atoms with E-state index >= 15 is 0 Å². The molecule has 3 N–H and O–H groups in total. The molecule has 27 heavy (non-hydrogen) atoms. The standard InChI is InChI=1S/C10H14N2O.C5H4FN.C5H11NO/c13-9-4-7-12(8-5-9)10-3-1-2-6-11-10;6-5-3-1-2-4-7-5;7-5-1-3-6-4-2-5/h1-3,6,9,13H,4-5,7-8H2;1-4H;5-7H,1-4H2. The molecule has 2 aromatic heterocycles. The molecule has 6 nitrogen and oxygen atoms in total. The van der Waals surface area contributed by atoms with Crippen molar-refractivity contribution in [3.05, 3.63) is 54.7 Å². The average molecular weight is 376 g/mol. The first-order valence-corrected chi connectivity index (χ1v) is 9.44. The second-order valence-electron chi connectivity index (χ2n) is 6.54. The lowest BCUT2D eigenvalue weighted by Crippen LogP contribution is -2.36. The van der Waals surface area contributed by atoms with Gasteiger partial charge in [0.2, 0.25) is 5.95 Å². The van der Waals surface area contributed by atoms with E-state index in [1.54, 1.807) is 18.3 Å². The van der Waals surface area contributed by atoms with Crippen molar-refractivity contribution in [2.75, 3.05) is 31.1 Å². The van der Waals surface area contributed by atoms with Crippen LogP contribution in [0.5, 0.6) is 0 Å².